The highest BCUT2D eigenvalue weighted by Crippen LogP contribution is 2.37. The van der Waals surface area contributed by atoms with E-state index in [1.165, 1.54) is 6.33 Å². The SMILES string of the molecule is CC1(C(=O)N[C@@H](Cc2cnc[nH]2)C(=O)O)CCCS1. The van der Waals surface area contributed by atoms with E-state index in [-0.39, 0.29) is 12.3 Å². The van der Waals surface area contributed by atoms with Crippen LogP contribution in [0.15, 0.2) is 12.5 Å². The van der Waals surface area contributed by atoms with Gasteiger partial charge in [0, 0.05) is 18.3 Å². The standard InChI is InChI=1S/C12H17N3O3S/c1-12(3-2-4-19-12)11(18)15-9(10(16)17)5-8-6-13-7-14-8/h6-7,9H,2-5H2,1H3,(H,13,14)(H,15,18)(H,16,17)/t9-,12?/m0/s1. The van der Waals surface area contributed by atoms with Gasteiger partial charge in [-0.1, -0.05) is 0 Å². The third-order valence-electron chi connectivity index (χ3n) is 3.28. The van der Waals surface area contributed by atoms with Crippen molar-refractivity contribution in [3.63, 3.8) is 0 Å². The van der Waals surface area contributed by atoms with Crippen molar-refractivity contribution in [1.29, 1.82) is 0 Å². The highest BCUT2D eigenvalue weighted by molar-refractivity contribution is 8.01. The van der Waals surface area contributed by atoms with Crippen molar-refractivity contribution in [3.8, 4) is 0 Å². The molecule has 1 fully saturated rings. The largest absolute Gasteiger partial charge is 0.480 e. The zero-order chi connectivity index (χ0) is 13.9. The molecule has 1 unspecified atom stereocenters. The lowest BCUT2D eigenvalue weighted by atomic mass is 10.0. The van der Waals surface area contributed by atoms with E-state index in [0.717, 1.165) is 18.6 Å². The molecule has 1 aliphatic heterocycles. The second-order valence-corrected chi connectivity index (χ2v) is 6.43. The highest BCUT2D eigenvalue weighted by Gasteiger charge is 2.38. The molecule has 19 heavy (non-hydrogen) atoms. The minimum atomic E-state index is -1.03. The van der Waals surface area contributed by atoms with Gasteiger partial charge in [-0.05, 0) is 25.5 Å². The molecule has 1 amide bonds. The molecule has 0 radical (unpaired) electrons. The summed E-state index contributed by atoms with van der Waals surface area (Å²) in [6.07, 6.45) is 5.05. The minimum Gasteiger partial charge on any atom is -0.480 e. The third-order valence-corrected chi connectivity index (χ3v) is 4.80. The van der Waals surface area contributed by atoms with E-state index in [0.29, 0.717) is 5.69 Å². The first-order chi connectivity index (χ1) is 9.01. The molecule has 0 aromatic carbocycles. The Morgan fingerprint density at radius 3 is 3.00 bits per heavy atom. The van der Waals surface area contributed by atoms with Crippen LogP contribution in [0.3, 0.4) is 0 Å². The number of nitrogens with one attached hydrogen (secondary N) is 2. The number of thioether (sulfide) groups is 1. The number of hydrogen-bond donors (Lipinski definition) is 3. The number of aliphatic carboxylic acids is 1. The van der Waals surface area contributed by atoms with Crippen LogP contribution in [0.1, 0.15) is 25.5 Å². The molecular weight excluding hydrogens is 266 g/mol. The Morgan fingerprint density at radius 2 is 2.47 bits per heavy atom. The molecular formula is C12H17N3O3S. The van der Waals surface area contributed by atoms with Gasteiger partial charge in [-0.15, -0.1) is 11.8 Å². The van der Waals surface area contributed by atoms with Crippen LogP contribution in [0.4, 0.5) is 0 Å². The summed E-state index contributed by atoms with van der Waals surface area (Å²) in [7, 11) is 0. The smallest absolute Gasteiger partial charge is 0.326 e. The summed E-state index contributed by atoms with van der Waals surface area (Å²) in [5, 5.41) is 11.8. The Balaban J connectivity index is 2.00. The zero-order valence-electron chi connectivity index (χ0n) is 10.7. The molecule has 0 saturated carbocycles. The maximum atomic E-state index is 12.2. The van der Waals surface area contributed by atoms with Crippen molar-refractivity contribution in [1.82, 2.24) is 15.3 Å². The van der Waals surface area contributed by atoms with Gasteiger partial charge in [0.25, 0.3) is 0 Å². The fourth-order valence-electron chi connectivity index (χ4n) is 2.09. The molecule has 2 atom stereocenters. The molecule has 2 heterocycles. The first-order valence-electron chi connectivity index (χ1n) is 6.16. The van der Waals surface area contributed by atoms with E-state index >= 15 is 0 Å². The number of aromatic amines is 1. The summed E-state index contributed by atoms with van der Waals surface area (Å²) >= 11 is 1.59. The van der Waals surface area contributed by atoms with Crippen LogP contribution in [0, 0.1) is 0 Å². The molecule has 1 saturated heterocycles. The summed E-state index contributed by atoms with van der Waals surface area (Å²) in [4.78, 5) is 30.1. The van der Waals surface area contributed by atoms with Crippen LogP contribution in [0.25, 0.3) is 0 Å². The van der Waals surface area contributed by atoms with Gasteiger partial charge in [-0.2, -0.15) is 0 Å². The average Bonchev–Trinajstić information content (AvgIpc) is 3.00. The van der Waals surface area contributed by atoms with Crippen LogP contribution in [0.5, 0.6) is 0 Å². The number of H-pyrrole nitrogens is 1. The number of amides is 1. The molecule has 1 aliphatic rings. The number of imidazole rings is 1. The maximum Gasteiger partial charge on any atom is 0.326 e. The first kappa shape index (κ1) is 13.9. The molecule has 0 bridgehead atoms. The fourth-order valence-corrected chi connectivity index (χ4v) is 3.30. The predicted octanol–water partition coefficient (Wildman–Crippen LogP) is 0.807. The monoisotopic (exact) mass is 283 g/mol. The van der Waals surface area contributed by atoms with E-state index < -0.39 is 16.8 Å². The van der Waals surface area contributed by atoms with Crippen molar-refractivity contribution in [2.24, 2.45) is 0 Å². The number of carbonyl (C=O) groups excluding carboxylic acids is 1. The molecule has 2 rings (SSSR count). The minimum absolute atomic E-state index is 0.193. The predicted molar refractivity (Wildman–Crippen MR) is 72.0 cm³/mol. The van der Waals surface area contributed by atoms with Gasteiger partial charge < -0.3 is 15.4 Å². The summed E-state index contributed by atoms with van der Waals surface area (Å²) in [5.74, 6) is -0.279. The molecule has 1 aromatic rings. The van der Waals surface area contributed by atoms with Gasteiger partial charge in [-0.25, -0.2) is 9.78 Å². The summed E-state index contributed by atoms with van der Waals surface area (Å²) in [6, 6.07) is -0.925. The van der Waals surface area contributed by atoms with Gasteiger partial charge in [0.2, 0.25) is 5.91 Å². The molecule has 1 aromatic heterocycles. The topological polar surface area (TPSA) is 95.1 Å². The lowest BCUT2D eigenvalue weighted by Crippen LogP contribution is -2.49. The summed E-state index contributed by atoms with van der Waals surface area (Å²) in [6.45, 7) is 1.87. The van der Waals surface area contributed by atoms with Crippen LogP contribution >= 0.6 is 11.8 Å². The second-order valence-electron chi connectivity index (χ2n) is 4.83. The Hall–Kier alpha value is -1.50. The number of aromatic nitrogens is 2. The molecule has 7 heteroatoms. The maximum absolute atomic E-state index is 12.2. The van der Waals surface area contributed by atoms with Gasteiger partial charge in [0.05, 0.1) is 11.1 Å². The number of rotatable bonds is 5. The van der Waals surface area contributed by atoms with Crippen molar-refractivity contribution >= 4 is 23.6 Å². The Bertz CT molecular complexity index is 455. The van der Waals surface area contributed by atoms with Crippen LogP contribution in [-0.4, -0.2) is 43.5 Å². The normalized spacial score (nSPS) is 24.1. The zero-order valence-corrected chi connectivity index (χ0v) is 11.5. The number of hydrogen-bond acceptors (Lipinski definition) is 4. The van der Waals surface area contributed by atoms with Crippen molar-refractivity contribution in [2.45, 2.75) is 37.0 Å². The summed E-state index contributed by atoms with van der Waals surface area (Å²) in [5.41, 5.74) is 0.692. The Labute approximate surface area is 115 Å². The number of nitrogens with zero attached hydrogens (tertiary/aromatic N) is 1. The van der Waals surface area contributed by atoms with Gasteiger partial charge in [0.1, 0.15) is 6.04 Å². The number of carbonyl (C=O) groups is 2. The van der Waals surface area contributed by atoms with Crippen LogP contribution in [-0.2, 0) is 16.0 Å². The van der Waals surface area contributed by atoms with Crippen molar-refractivity contribution in [3.05, 3.63) is 18.2 Å². The van der Waals surface area contributed by atoms with Crippen molar-refractivity contribution < 1.29 is 14.7 Å². The van der Waals surface area contributed by atoms with Gasteiger partial charge in [-0.3, -0.25) is 4.79 Å². The van der Waals surface area contributed by atoms with E-state index in [1.54, 1.807) is 18.0 Å². The lowest BCUT2D eigenvalue weighted by molar-refractivity contribution is -0.142. The lowest BCUT2D eigenvalue weighted by Gasteiger charge is -2.24. The third kappa shape index (κ3) is 3.28. The molecule has 6 nitrogen and oxygen atoms in total. The quantitative estimate of drug-likeness (QED) is 0.743. The molecule has 104 valence electrons. The number of carboxylic acids is 1. The Kier molecular flexibility index (Phi) is 4.14. The summed E-state index contributed by atoms with van der Waals surface area (Å²) < 4.78 is -0.498. The molecule has 0 spiro atoms. The van der Waals surface area contributed by atoms with Crippen LogP contribution in [0.2, 0.25) is 0 Å². The van der Waals surface area contributed by atoms with Crippen molar-refractivity contribution in [2.75, 3.05) is 5.75 Å². The van der Waals surface area contributed by atoms with Crippen LogP contribution < -0.4 is 5.32 Å². The fraction of sp³-hybridized carbons (Fsp3) is 0.583. The Morgan fingerprint density at radius 1 is 1.68 bits per heavy atom. The van der Waals surface area contributed by atoms with E-state index in [9.17, 15) is 14.7 Å². The first-order valence-corrected chi connectivity index (χ1v) is 7.15. The molecule has 0 aliphatic carbocycles. The number of carboxylic acid groups (broad SMARTS) is 1. The highest BCUT2D eigenvalue weighted by atomic mass is 32.2. The molecule has 3 N–H and O–H groups in total. The second kappa shape index (κ2) is 5.64. The average molecular weight is 283 g/mol. The van der Waals surface area contributed by atoms with E-state index in [4.69, 9.17) is 0 Å². The van der Waals surface area contributed by atoms with Gasteiger partial charge >= 0.3 is 5.97 Å². The van der Waals surface area contributed by atoms with Gasteiger partial charge in [0.15, 0.2) is 0 Å². The van der Waals surface area contributed by atoms with E-state index in [1.807, 2.05) is 6.92 Å². The van der Waals surface area contributed by atoms with E-state index in [2.05, 4.69) is 15.3 Å².